The first kappa shape index (κ1) is 16.5. The fraction of sp³-hybridized carbons (Fsp3) is 0.333. The Kier molecular flexibility index (Phi) is 6.28. The second kappa shape index (κ2) is 7.98. The molecule has 3 heteroatoms. The molecule has 1 nitrogen and oxygen atoms in total. The first-order valence-electron chi connectivity index (χ1n) is 7.42. The molecule has 1 unspecified atom stereocenters. The van der Waals surface area contributed by atoms with E-state index in [0.717, 1.165) is 28.9 Å². The van der Waals surface area contributed by atoms with E-state index in [2.05, 4.69) is 59.4 Å². The molecular weight excluding hydrogens is 346 g/mol. The van der Waals surface area contributed by atoms with Crippen LogP contribution >= 0.6 is 27.5 Å². The summed E-state index contributed by atoms with van der Waals surface area (Å²) in [6.45, 7) is 5.33. The van der Waals surface area contributed by atoms with Crippen LogP contribution in [0.15, 0.2) is 46.9 Å². The third kappa shape index (κ3) is 4.32. The zero-order valence-corrected chi connectivity index (χ0v) is 14.8. The Labute approximate surface area is 140 Å². The molecule has 0 bridgehead atoms. The lowest BCUT2D eigenvalue weighted by atomic mass is 9.97. The summed E-state index contributed by atoms with van der Waals surface area (Å²) in [4.78, 5) is 0. The van der Waals surface area contributed by atoms with E-state index in [1.807, 2.05) is 18.2 Å². The molecule has 112 valence electrons. The van der Waals surface area contributed by atoms with Gasteiger partial charge in [-0.1, -0.05) is 65.6 Å². The number of rotatable bonds is 6. The van der Waals surface area contributed by atoms with Gasteiger partial charge in [0.25, 0.3) is 0 Å². The van der Waals surface area contributed by atoms with Crippen LogP contribution in [0.5, 0.6) is 0 Å². The third-order valence-corrected chi connectivity index (χ3v) is 4.55. The van der Waals surface area contributed by atoms with Crippen molar-refractivity contribution in [2.45, 2.75) is 32.7 Å². The van der Waals surface area contributed by atoms with Crippen molar-refractivity contribution in [3.05, 3.63) is 68.7 Å². The normalized spacial score (nSPS) is 12.4. The molecule has 2 rings (SSSR count). The first-order chi connectivity index (χ1) is 10.2. The van der Waals surface area contributed by atoms with Crippen molar-refractivity contribution >= 4 is 27.5 Å². The molecule has 0 spiro atoms. The van der Waals surface area contributed by atoms with E-state index < -0.39 is 0 Å². The lowest BCUT2D eigenvalue weighted by molar-refractivity contribution is 0.597. The number of benzene rings is 2. The van der Waals surface area contributed by atoms with E-state index in [-0.39, 0.29) is 6.04 Å². The van der Waals surface area contributed by atoms with Crippen molar-refractivity contribution in [3.8, 4) is 0 Å². The van der Waals surface area contributed by atoms with Gasteiger partial charge in [-0.3, -0.25) is 0 Å². The van der Waals surface area contributed by atoms with Gasteiger partial charge in [0.2, 0.25) is 0 Å². The molecule has 0 fully saturated rings. The highest BCUT2D eigenvalue weighted by Crippen LogP contribution is 2.31. The van der Waals surface area contributed by atoms with Crippen molar-refractivity contribution in [2.24, 2.45) is 0 Å². The summed E-state index contributed by atoms with van der Waals surface area (Å²) in [6.07, 6.45) is 2.16. The van der Waals surface area contributed by atoms with Crippen LogP contribution in [0, 0.1) is 0 Å². The largest absolute Gasteiger partial charge is 0.306 e. The van der Waals surface area contributed by atoms with Gasteiger partial charge in [0.05, 0.1) is 6.04 Å². The molecule has 0 aromatic heterocycles. The minimum Gasteiger partial charge on any atom is -0.306 e. The Morgan fingerprint density at radius 1 is 1.10 bits per heavy atom. The van der Waals surface area contributed by atoms with Gasteiger partial charge in [-0.15, -0.1) is 0 Å². The Hall–Kier alpha value is -0.830. The summed E-state index contributed by atoms with van der Waals surface area (Å²) < 4.78 is 1.08. The number of hydrogen-bond acceptors (Lipinski definition) is 1. The van der Waals surface area contributed by atoms with Crippen molar-refractivity contribution in [1.82, 2.24) is 5.32 Å². The van der Waals surface area contributed by atoms with Gasteiger partial charge in [0, 0.05) is 9.50 Å². The van der Waals surface area contributed by atoms with Crippen LogP contribution in [0.25, 0.3) is 0 Å². The van der Waals surface area contributed by atoms with E-state index in [1.54, 1.807) is 0 Å². The van der Waals surface area contributed by atoms with Crippen molar-refractivity contribution in [2.75, 3.05) is 6.54 Å². The lowest BCUT2D eigenvalue weighted by Crippen LogP contribution is -2.23. The minimum absolute atomic E-state index is 0.156. The zero-order valence-electron chi connectivity index (χ0n) is 12.5. The van der Waals surface area contributed by atoms with Gasteiger partial charge < -0.3 is 5.32 Å². The van der Waals surface area contributed by atoms with Gasteiger partial charge in [0.15, 0.2) is 0 Å². The monoisotopic (exact) mass is 365 g/mol. The molecule has 0 amide bonds. The maximum Gasteiger partial charge on any atom is 0.0588 e. The quantitative estimate of drug-likeness (QED) is 0.686. The minimum atomic E-state index is 0.156. The molecule has 2 aromatic rings. The summed E-state index contributed by atoms with van der Waals surface area (Å²) in [6, 6.07) is 14.9. The third-order valence-electron chi connectivity index (χ3n) is 3.59. The zero-order chi connectivity index (χ0) is 15.2. The standard InChI is InChI=1S/C18H21BrClN/c1-3-11-21-18(14-7-5-13(4-2)6-8-14)16-12-15(20)9-10-17(16)19/h5-10,12,18,21H,3-4,11H2,1-2H3. The first-order valence-corrected chi connectivity index (χ1v) is 8.60. The maximum atomic E-state index is 6.18. The van der Waals surface area contributed by atoms with E-state index in [4.69, 9.17) is 11.6 Å². The predicted octanol–water partition coefficient (Wildman–Crippen LogP) is 5.75. The molecule has 0 heterocycles. The average Bonchev–Trinajstić information content (AvgIpc) is 2.51. The average molecular weight is 367 g/mol. The molecule has 0 saturated heterocycles. The smallest absolute Gasteiger partial charge is 0.0588 e. The van der Waals surface area contributed by atoms with Gasteiger partial charge in [-0.25, -0.2) is 0 Å². The van der Waals surface area contributed by atoms with Crippen LogP contribution in [0.3, 0.4) is 0 Å². The molecule has 21 heavy (non-hydrogen) atoms. The molecule has 0 radical (unpaired) electrons. The van der Waals surface area contributed by atoms with Gasteiger partial charge >= 0.3 is 0 Å². The van der Waals surface area contributed by atoms with E-state index in [1.165, 1.54) is 16.7 Å². The molecule has 2 aromatic carbocycles. The Balaban J connectivity index is 2.38. The Morgan fingerprint density at radius 2 is 1.81 bits per heavy atom. The van der Waals surface area contributed by atoms with Crippen LogP contribution < -0.4 is 5.32 Å². The van der Waals surface area contributed by atoms with Crippen LogP contribution in [0.1, 0.15) is 43.0 Å². The van der Waals surface area contributed by atoms with Crippen molar-refractivity contribution in [3.63, 3.8) is 0 Å². The second-order valence-electron chi connectivity index (χ2n) is 5.15. The molecular formula is C18H21BrClN. The summed E-state index contributed by atoms with van der Waals surface area (Å²) in [5.74, 6) is 0. The number of nitrogens with one attached hydrogen (secondary N) is 1. The Morgan fingerprint density at radius 3 is 2.43 bits per heavy atom. The van der Waals surface area contributed by atoms with Crippen LogP contribution in [0.4, 0.5) is 0 Å². The summed E-state index contributed by atoms with van der Waals surface area (Å²) in [5.41, 5.74) is 3.81. The molecule has 0 aliphatic rings. The van der Waals surface area contributed by atoms with Crippen LogP contribution in [-0.2, 0) is 6.42 Å². The number of halogens is 2. The highest BCUT2D eigenvalue weighted by atomic mass is 79.9. The molecule has 1 N–H and O–H groups in total. The fourth-order valence-corrected chi connectivity index (χ4v) is 3.03. The maximum absolute atomic E-state index is 6.18. The van der Waals surface area contributed by atoms with Gasteiger partial charge in [0.1, 0.15) is 0 Å². The van der Waals surface area contributed by atoms with Gasteiger partial charge in [-0.2, -0.15) is 0 Å². The topological polar surface area (TPSA) is 12.0 Å². The molecule has 1 atom stereocenters. The molecule has 0 saturated carbocycles. The van der Waals surface area contributed by atoms with Crippen LogP contribution in [0.2, 0.25) is 5.02 Å². The van der Waals surface area contributed by atoms with Crippen molar-refractivity contribution < 1.29 is 0 Å². The summed E-state index contributed by atoms with van der Waals surface area (Å²) in [5, 5.41) is 4.38. The number of aryl methyl sites for hydroxylation is 1. The number of hydrogen-bond donors (Lipinski definition) is 1. The molecule has 0 aliphatic carbocycles. The highest BCUT2D eigenvalue weighted by molar-refractivity contribution is 9.10. The Bertz CT molecular complexity index is 580. The highest BCUT2D eigenvalue weighted by Gasteiger charge is 2.16. The second-order valence-corrected chi connectivity index (χ2v) is 6.44. The fourth-order valence-electron chi connectivity index (χ4n) is 2.38. The summed E-state index contributed by atoms with van der Waals surface area (Å²) >= 11 is 9.83. The SMILES string of the molecule is CCCNC(c1ccc(CC)cc1)c1cc(Cl)ccc1Br. The molecule has 0 aliphatic heterocycles. The lowest BCUT2D eigenvalue weighted by Gasteiger charge is -2.21. The van der Waals surface area contributed by atoms with E-state index in [9.17, 15) is 0 Å². The summed E-state index contributed by atoms with van der Waals surface area (Å²) in [7, 11) is 0. The van der Waals surface area contributed by atoms with Crippen molar-refractivity contribution in [1.29, 1.82) is 0 Å². The van der Waals surface area contributed by atoms with Crippen LogP contribution in [-0.4, -0.2) is 6.54 Å². The predicted molar refractivity (Wildman–Crippen MR) is 95.1 cm³/mol. The van der Waals surface area contributed by atoms with E-state index in [0.29, 0.717) is 0 Å². The van der Waals surface area contributed by atoms with Gasteiger partial charge in [-0.05, 0) is 54.3 Å². The van der Waals surface area contributed by atoms with E-state index >= 15 is 0 Å².